The Morgan fingerprint density at radius 2 is 1.54 bits per heavy atom. The van der Waals surface area contributed by atoms with E-state index in [1.165, 1.54) is 28.8 Å². The Labute approximate surface area is 257 Å². The van der Waals surface area contributed by atoms with Gasteiger partial charge >= 0.3 is 0 Å². The number of carbonyl (C=O) groups is 2. The van der Waals surface area contributed by atoms with Crippen LogP contribution in [-0.2, 0) is 26.2 Å². The van der Waals surface area contributed by atoms with Gasteiger partial charge < -0.3 is 10.2 Å². The lowest BCUT2D eigenvalue weighted by Crippen LogP contribution is -2.52. The second-order valence-corrected chi connectivity index (χ2v) is 13.3. The number of amides is 2. The number of nitrogens with one attached hydrogen (secondary N) is 1. The molecule has 220 valence electrons. The maximum absolute atomic E-state index is 14.1. The molecule has 2 amide bonds. The van der Waals surface area contributed by atoms with E-state index in [-0.39, 0.29) is 23.4 Å². The highest BCUT2D eigenvalue weighted by Gasteiger charge is 2.33. The van der Waals surface area contributed by atoms with E-state index in [9.17, 15) is 18.0 Å². The van der Waals surface area contributed by atoms with Crippen molar-refractivity contribution in [1.29, 1.82) is 0 Å². The monoisotopic (exact) mass is 635 g/mol. The van der Waals surface area contributed by atoms with Crippen LogP contribution in [0.2, 0.25) is 10.0 Å². The van der Waals surface area contributed by atoms with Crippen LogP contribution in [0.4, 0.5) is 5.69 Å². The largest absolute Gasteiger partial charge is 0.352 e. The number of halogens is 2. The molecule has 41 heavy (non-hydrogen) atoms. The summed E-state index contributed by atoms with van der Waals surface area (Å²) >= 11 is 14.4. The predicted molar refractivity (Wildman–Crippen MR) is 168 cm³/mol. The van der Waals surface area contributed by atoms with Gasteiger partial charge in [0, 0.05) is 33.1 Å². The first-order valence-electron chi connectivity index (χ1n) is 13.1. The number of rotatable bonds is 12. The first-order valence-corrected chi connectivity index (χ1v) is 16.6. The van der Waals surface area contributed by atoms with Crippen LogP contribution >= 0.6 is 35.0 Å². The van der Waals surface area contributed by atoms with Crippen LogP contribution in [0.3, 0.4) is 0 Å². The third-order valence-electron chi connectivity index (χ3n) is 6.81. The molecule has 7 nitrogen and oxygen atoms in total. The number of thioether (sulfide) groups is 1. The molecule has 0 aliphatic rings. The number of aryl methyl sites for hydroxylation is 1. The summed E-state index contributed by atoms with van der Waals surface area (Å²) in [6.07, 6.45) is 2.61. The molecule has 0 saturated heterocycles. The van der Waals surface area contributed by atoms with E-state index in [0.29, 0.717) is 27.7 Å². The van der Waals surface area contributed by atoms with Gasteiger partial charge in [-0.15, -0.1) is 11.8 Å². The van der Waals surface area contributed by atoms with Crippen LogP contribution in [0.25, 0.3) is 0 Å². The quantitative estimate of drug-likeness (QED) is 0.228. The standard InChI is InChI=1S/C30H35Cl2N3O4S2/c1-6-21(3)33-30(37)22(4)34(18-26-27(31)8-7-9-28(26)32)29(36)19-35(23-12-10-20(2)11-13-23)41(38,39)25-16-14-24(40-5)15-17-25/h7-17,21-22H,6,18-19H2,1-5H3,(H,33,37). The van der Waals surface area contributed by atoms with Gasteiger partial charge in [-0.2, -0.15) is 0 Å². The zero-order valence-electron chi connectivity index (χ0n) is 23.7. The number of nitrogens with zero attached hydrogens (tertiary/aromatic N) is 2. The number of sulfonamides is 1. The third-order valence-corrected chi connectivity index (χ3v) is 10.0. The average Bonchev–Trinajstić information content (AvgIpc) is 2.95. The van der Waals surface area contributed by atoms with Crippen molar-refractivity contribution >= 4 is 62.5 Å². The van der Waals surface area contributed by atoms with Gasteiger partial charge in [-0.25, -0.2) is 8.42 Å². The molecule has 0 aromatic heterocycles. The lowest BCUT2D eigenvalue weighted by Gasteiger charge is -2.33. The summed E-state index contributed by atoms with van der Waals surface area (Å²) in [6, 6.07) is 17.3. The van der Waals surface area contributed by atoms with Crippen LogP contribution < -0.4 is 9.62 Å². The Kier molecular flexibility index (Phi) is 11.6. The molecule has 3 aromatic carbocycles. The first kappa shape index (κ1) is 32.8. The lowest BCUT2D eigenvalue weighted by molar-refractivity contribution is -0.139. The van der Waals surface area contributed by atoms with E-state index in [1.54, 1.807) is 61.5 Å². The van der Waals surface area contributed by atoms with Gasteiger partial charge in [0.25, 0.3) is 10.0 Å². The van der Waals surface area contributed by atoms with E-state index in [0.717, 1.165) is 14.8 Å². The van der Waals surface area contributed by atoms with Crippen molar-refractivity contribution in [3.8, 4) is 0 Å². The maximum Gasteiger partial charge on any atom is 0.264 e. The van der Waals surface area contributed by atoms with E-state index < -0.39 is 28.5 Å². The molecule has 0 heterocycles. The van der Waals surface area contributed by atoms with Crippen molar-refractivity contribution in [2.75, 3.05) is 17.1 Å². The van der Waals surface area contributed by atoms with Crippen LogP contribution in [0.5, 0.6) is 0 Å². The SMILES string of the molecule is CCC(C)NC(=O)C(C)N(Cc1c(Cl)cccc1Cl)C(=O)CN(c1ccc(C)cc1)S(=O)(=O)c1ccc(SC)cc1. The zero-order valence-corrected chi connectivity index (χ0v) is 26.9. The first-order chi connectivity index (χ1) is 19.4. The van der Waals surface area contributed by atoms with Gasteiger partial charge in [0.1, 0.15) is 12.6 Å². The molecule has 2 atom stereocenters. The van der Waals surface area contributed by atoms with E-state index in [4.69, 9.17) is 23.2 Å². The Morgan fingerprint density at radius 3 is 2.07 bits per heavy atom. The van der Waals surface area contributed by atoms with Crippen molar-refractivity contribution in [3.63, 3.8) is 0 Å². The van der Waals surface area contributed by atoms with Crippen molar-refractivity contribution in [3.05, 3.63) is 87.9 Å². The highest BCUT2D eigenvalue weighted by Crippen LogP contribution is 2.29. The van der Waals surface area contributed by atoms with E-state index in [2.05, 4.69) is 5.32 Å². The molecule has 0 radical (unpaired) electrons. The molecule has 2 unspecified atom stereocenters. The number of hydrogen-bond donors (Lipinski definition) is 1. The summed E-state index contributed by atoms with van der Waals surface area (Å²) in [5, 5.41) is 3.58. The zero-order chi connectivity index (χ0) is 30.3. The fraction of sp³-hybridized carbons (Fsp3) is 0.333. The number of anilines is 1. The Hall–Kier alpha value is -2.72. The average molecular weight is 637 g/mol. The summed E-state index contributed by atoms with van der Waals surface area (Å²) in [7, 11) is -4.15. The molecule has 0 spiro atoms. The van der Waals surface area contributed by atoms with Gasteiger partial charge in [-0.3, -0.25) is 13.9 Å². The summed E-state index contributed by atoms with van der Waals surface area (Å²) in [5.74, 6) is -0.953. The van der Waals surface area contributed by atoms with E-state index in [1.807, 2.05) is 27.0 Å². The van der Waals surface area contributed by atoms with Gasteiger partial charge in [0.05, 0.1) is 10.6 Å². The Balaban J connectivity index is 2.06. The Morgan fingerprint density at radius 1 is 0.951 bits per heavy atom. The summed E-state index contributed by atoms with van der Waals surface area (Å²) < 4.78 is 29.0. The predicted octanol–water partition coefficient (Wildman–Crippen LogP) is 6.55. The van der Waals surface area contributed by atoms with Crippen LogP contribution in [0.15, 0.2) is 76.5 Å². The van der Waals surface area contributed by atoms with Gasteiger partial charge in [-0.05, 0) is 82.0 Å². The lowest BCUT2D eigenvalue weighted by atomic mass is 10.1. The van der Waals surface area contributed by atoms with Crippen molar-refractivity contribution in [1.82, 2.24) is 10.2 Å². The van der Waals surface area contributed by atoms with Crippen molar-refractivity contribution < 1.29 is 18.0 Å². The normalized spacial score (nSPS) is 12.9. The summed E-state index contributed by atoms with van der Waals surface area (Å²) in [4.78, 5) is 29.5. The molecule has 0 aliphatic heterocycles. The summed E-state index contributed by atoms with van der Waals surface area (Å²) in [5.41, 5.74) is 1.72. The minimum atomic E-state index is -4.15. The number of carbonyl (C=O) groups excluding carboxylic acids is 2. The molecule has 3 aromatic rings. The topological polar surface area (TPSA) is 86.8 Å². The minimum absolute atomic E-state index is 0.0481. The van der Waals surface area contributed by atoms with Crippen molar-refractivity contribution in [2.24, 2.45) is 0 Å². The molecule has 1 N–H and O–H groups in total. The van der Waals surface area contributed by atoms with Crippen molar-refractivity contribution in [2.45, 2.75) is 62.5 Å². The van der Waals surface area contributed by atoms with Gasteiger partial charge in [0.2, 0.25) is 11.8 Å². The molecule has 0 fully saturated rings. The van der Waals surface area contributed by atoms with Crippen LogP contribution in [0.1, 0.15) is 38.3 Å². The second kappa shape index (κ2) is 14.4. The van der Waals surface area contributed by atoms with Crippen LogP contribution in [-0.4, -0.2) is 50.0 Å². The Bertz CT molecular complexity index is 1450. The maximum atomic E-state index is 14.1. The molecule has 0 bridgehead atoms. The van der Waals surface area contributed by atoms with Crippen LogP contribution in [0, 0.1) is 6.92 Å². The smallest absolute Gasteiger partial charge is 0.264 e. The molecule has 11 heteroatoms. The fourth-order valence-electron chi connectivity index (χ4n) is 4.02. The molecule has 0 saturated carbocycles. The molecular weight excluding hydrogens is 601 g/mol. The molecule has 3 rings (SSSR count). The van der Waals surface area contributed by atoms with Gasteiger partial charge in [0.15, 0.2) is 0 Å². The number of hydrogen-bond acceptors (Lipinski definition) is 5. The second-order valence-electron chi connectivity index (χ2n) is 9.74. The van der Waals surface area contributed by atoms with E-state index >= 15 is 0 Å². The van der Waals surface area contributed by atoms with Gasteiger partial charge in [-0.1, -0.05) is 53.9 Å². The minimum Gasteiger partial charge on any atom is -0.352 e. The number of benzene rings is 3. The third kappa shape index (κ3) is 8.19. The highest BCUT2D eigenvalue weighted by atomic mass is 35.5. The summed E-state index contributed by atoms with van der Waals surface area (Å²) in [6.45, 7) is 6.68. The molecular formula is C30H35Cl2N3O4S2. The fourth-order valence-corrected chi connectivity index (χ4v) is 6.36. The highest BCUT2D eigenvalue weighted by molar-refractivity contribution is 7.98. The molecule has 0 aliphatic carbocycles.